The van der Waals surface area contributed by atoms with Crippen LogP contribution in [0.4, 0.5) is 0 Å². The number of methoxy groups -OCH3 is 5. The molecule has 160 valence electrons. The van der Waals surface area contributed by atoms with Gasteiger partial charge in [0, 0.05) is 24.8 Å². The van der Waals surface area contributed by atoms with Crippen molar-refractivity contribution >= 4 is 11.3 Å². The van der Waals surface area contributed by atoms with Crippen LogP contribution in [0.2, 0.25) is 0 Å². The Bertz CT molecular complexity index is 990. The molecule has 3 rings (SSSR count). The van der Waals surface area contributed by atoms with Crippen molar-refractivity contribution in [2.45, 2.75) is 13.1 Å². The zero-order valence-electron chi connectivity index (χ0n) is 17.8. The molecule has 0 saturated heterocycles. The lowest BCUT2D eigenvalue weighted by molar-refractivity contribution is 0.325. The van der Waals surface area contributed by atoms with E-state index >= 15 is 0 Å². The summed E-state index contributed by atoms with van der Waals surface area (Å²) in [6.45, 7) is 1.34. The van der Waals surface area contributed by atoms with E-state index in [9.17, 15) is 0 Å². The van der Waals surface area contributed by atoms with E-state index in [1.54, 1.807) is 46.9 Å². The molecular weight excluding hydrogens is 404 g/mol. The Morgan fingerprint density at radius 1 is 0.767 bits per heavy atom. The summed E-state index contributed by atoms with van der Waals surface area (Å²) in [5, 5.41) is 4.39. The summed E-state index contributed by atoms with van der Waals surface area (Å²) in [7, 11) is 8.08. The summed E-state index contributed by atoms with van der Waals surface area (Å²) in [4.78, 5) is 5.54. The number of hydrogen-bond donors (Lipinski definition) is 1. The second-order valence-electron chi connectivity index (χ2n) is 6.29. The molecule has 7 nitrogen and oxygen atoms in total. The SMILES string of the molecule is COc1ccc(CNCc2ncc(-c3ccc(OC)c(OC)c3OC)s2)cc1OC. The number of thiazole rings is 1. The van der Waals surface area contributed by atoms with Crippen LogP contribution in [0.1, 0.15) is 10.6 Å². The van der Waals surface area contributed by atoms with Gasteiger partial charge in [0.15, 0.2) is 23.0 Å². The number of nitrogens with one attached hydrogen (secondary N) is 1. The van der Waals surface area contributed by atoms with Gasteiger partial charge in [-0.15, -0.1) is 11.3 Å². The summed E-state index contributed by atoms with van der Waals surface area (Å²) in [6.07, 6.45) is 1.85. The predicted octanol–water partition coefficient (Wildman–Crippen LogP) is 4.14. The van der Waals surface area contributed by atoms with Gasteiger partial charge in [0.1, 0.15) is 5.01 Å². The highest BCUT2D eigenvalue weighted by Crippen LogP contribution is 2.45. The molecule has 1 N–H and O–H groups in total. The Morgan fingerprint density at radius 2 is 1.47 bits per heavy atom. The van der Waals surface area contributed by atoms with E-state index in [-0.39, 0.29) is 0 Å². The first-order chi connectivity index (χ1) is 14.6. The molecule has 0 amide bonds. The number of benzene rings is 2. The number of aromatic nitrogens is 1. The molecule has 1 aromatic heterocycles. The molecule has 0 unspecified atom stereocenters. The summed E-state index contributed by atoms with van der Waals surface area (Å²) in [5.41, 5.74) is 2.02. The van der Waals surface area contributed by atoms with Gasteiger partial charge in [0.25, 0.3) is 0 Å². The van der Waals surface area contributed by atoms with Crippen LogP contribution in [0.5, 0.6) is 28.7 Å². The fraction of sp³-hybridized carbons (Fsp3) is 0.318. The summed E-state index contributed by atoms with van der Waals surface area (Å²) in [6, 6.07) is 9.70. The molecule has 0 fully saturated rings. The third-order valence-electron chi connectivity index (χ3n) is 4.58. The molecule has 0 radical (unpaired) electrons. The van der Waals surface area contributed by atoms with E-state index in [2.05, 4.69) is 10.3 Å². The molecule has 30 heavy (non-hydrogen) atoms. The minimum absolute atomic E-state index is 0.569. The van der Waals surface area contributed by atoms with Gasteiger partial charge >= 0.3 is 0 Å². The quantitative estimate of drug-likeness (QED) is 0.518. The van der Waals surface area contributed by atoms with Crippen LogP contribution in [0.25, 0.3) is 10.4 Å². The van der Waals surface area contributed by atoms with Gasteiger partial charge in [-0.05, 0) is 29.8 Å². The third-order valence-corrected chi connectivity index (χ3v) is 5.61. The molecule has 2 aromatic carbocycles. The van der Waals surface area contributed by atoms with E-state index in [0.29, 0.717) is 36.1 Å². The lowest BCUT2D eigenvalue weighted by Crippen LogP contribution is -2.12. The molecule has 0 aliphatic carbocycles. The zero-order valence-corrected chi connectivity index (χ0v) is 18.6. The van der Waals surface area contributed by atoms with Crippen LogP contribution < -0.4 is 29.0 Å². The van der Waals surface area contributed by atoms with Crippen molar-refractivity contribution in [3.8, 4) is 39.2 Å². The maximum absolute atomic E-state index is 5.59. The van der Waals surface area contributed by atoms with E-state index < -0.39 is 0 Å². The van der Waals surface area contributed by atoms with Crippen LogP contribution in [0.3, 0.4) is 0 Å². The van der Waals surface area contributed by atoms with E-state index in [0.717, 1.165) is 26.8 Å². The van der Waals surface area contributed by atoms with Gasteiger partial charge in [-0.2, -0.15) is 0 Å². The maximum Gasteiger partial charge on any atom is 0.203 e. The number of ether oxygens (including phenoxy) is 5. The lowest BCUT2D eigenvalue weighted by Gasteiger charge is -2.14. The molecule has 0 aliphatic rings. The molecule has 0 atom stereocenters. The van der Waals surface area contributed by atoms with Gasteiger partial charge in [0.05, 0.1) is 40.4 Å². The second kappa shape index (κ2) is 10.2. The Labute approximate surface area is 180 Å². The van der Waals surface area contributed by atoms with Crippen molar-refractivity contribution in [2.24, 2.45) is 0 Å². The van der Waals surface area contributed by atoms with Crippen LogP contribution in [0, 0.1) is 0 Å². The molecule has 0 spiro atoms. The fourth-order valence-corrected chi connectivity index (χ4v) is 4.03. The zero-order chi connectivity index (χ0) is 21.5. The van der Waals surface area contributed by atoms with E-state index in [4.69, 9.17) is 23.7 Å². The average Bonchev–Trinajstić information content (AvgIpc) is 3.26. The van der Waals surface area contributed by atoms with Gasteiger partial charge < -0.3 is 29.0 Å². The van der Waals surface area contributed by atoms with Crippen molar-refractivity contribution in [1.29, 1.82) is 0 Å². The number of nitrogens with zero attached hydrogens (tertiary/aromatic N) is 1. The average molecular weight is 431 g/mol. The van der Waals surface area contributed by atoms with Crippen molar-refractivity contribution < 1.29 is 23.7 Å². The predicted molar refractivity (Wildman–Crippen MR) is 117 cm³/mol. The molecule has 0 saturated carbocycles. The normalized spacial score (nSPS) is 10.6. The van der Waals surface area contributed by atoms with Crippen LogP contribution >= 0.6 is 11.3 Å². The minimum atomic E-state index is 0.569. The molecule has 1 heterocycles. The topological polar surface area (TPSA) is 71.1 Å². The highest BCUT2D eigenvalue weighted by atomic mass is 32.1. The standard InChI is InChI=1S/C22H26N2O5S/c1-25-16-8-6-14(10-18(16)27-3)11-23-13-20-24-12-19(30-20)15-7-9-17(26-2)22(29-5)21(15)28-4/h6-10,12,23H,11,13H2,1-5H3. The molecule has 0 bridgehead atoms. The third kappa shape index (κ3) is 4.60. The highest BCUT2D eigenvalue weighted by molar-refractivity contribution is 7.15. The van der Waals surface area contributed by atoms with Crippen LogP contribution in [-0.4, -0.2) is 40.5 Å². The fourth-order valence-electron chi connectivity index (χ4n) is 3.12. The van der Waals surface area contributed by atoms with Crippen molar-refractivity contribution in [3.05, 3.63) is 47.1 Å². The first-order valence-corrected chi connectivity index (χ1v) is 10.1. The molecule has 3 aromatic rings. The molecular formula is C22H26N2O5S. The Balaban J connectivity index is 1.70. The summed E-state index contributed by atoms with van der Waals surface area (Å²) < 4.78 is 27.1. The Morgan fingerprint density at radius 3 is 2.13 bits per heavy atom. The summed E-state index contributed by atoms with van der Waals surface area (Å²) >= 11 is 1.60. The van der Waals surface area contributed by atoms with Crippen LogP contribution in [-0.2, 0) is 13.1 Å². The van der Waals surface area contributed by atoms with Gasteiger partial charge in [-0.3, -0.25) is 0 Å². The van der Waals surface area contributed by atoms with Crippen molar-refractivity contribution in [1.82, 2.24) is 10.3 Å². The second-order valence-corrected chi connectivity index (χ2v) is 7.41. The van der Waals surface area contributed by atoms with Crippen molar-refractivity contribution in [3.63, 3.8) is 0 Å². The smallest absolute Gasteiger partial charge is 0.203 e. The minimum Gasteiger partial charge on any atom is -0.493 e. The molecule has 0 aliphatic heterocycles. The molecule has 8 heteroatoms. The number of rotatable bonds is 10. The van der Waals surface area contributed by atoms with Crippen molar-refractivity contribution in [2.75, 3.05) is 35.5 Å². The van der Waals surface area contributed by atoms with Crippen LogP contribution in [0.15, 0.2) is 36.5 Å². The highest BCUT2D eigenvalue weighted by Gasteiger charge is 2.18. The van der Waals surface area contributed by atoms with Gasteiger partial charge in [-0.1, -0.05) is 6.07 Å². The van der Waals surface area contributed by atoms with E-state index in [1.807, 2.05) is 36.5 Å². The lowest BCUT2D eigenvalue weighted by atomic mass is 10.1. The van der Waals surface area contributed by atoms with Gasteiger partial charge in [0.2, 0.25) is 5.75 Å². The largest absolute Gasteiger partial charge is 0.493 e. The first-order valence-electron chi connectivity index (χ1n) is 9.30. The monoisotopic (exact) mass is 430 g/mol. The van der Waals surface area contributed by atoms with E-state index in [1.165, 1.54) is 0 Å². The Hall–Kier alpha value is -2.97. The number of hydrogen-bond acceptors (Lipinski definition) is 8. The Kier molecular flexibility index (Phi) is 7.37. The summed E-state index contributed by atoms with van der Waals surface area (Å²) in [5.74, 6) is 3.26. The first kappa shape index (κ1) is 21.7. The van der Waals surface area contributed by atoms with Gasteiger partial charge in [-0.25, -0.2) is 4.98 Å². The maximum atomic E-state index is 5.59.